The molecule has 17 heavy (non-hydrogen) atoms. The Morgan fingerprint density at radius 1 is 1.41 bits per heavy atom. The number of nitrogens with zero attached hydrogens (tertiary/aromatic N) is 1. The Kier molecular flexibility index (Phi) is 3.33. The molecule has 0 aliphatic heterocycles. The average molecular weight is 248 g/mol. The van der Waals surface area contributed by atoms with E-state index >= 15 is 0 Å². The van der Waals surface area contributed by atoms with Crippen molar-refractivity contribution in [2.75, 3.05) is 5.73 Å². The minimum absolute atomic E-state index is 0.0924. The Bertz CT molecular complexity index is 557. The highest BCUT2D eigenvalue weighted by Gasteiger charge is 2.13. The van der Waals surface area contributed by atoms with Crippen LogP contribution in [0, 0.1) is 0 Å². The zero-order valence-electron chi connectivity index (χ0n) is 10.0. The van der Waals surface area contributed by atoms with Gasteiger partial charge in [0.1, 0.15) is 0 Å². The maximum Gasteiger partial charge on any atom is 0.274 e. The zero-order chi connectivity index (χ0) is 12.4. The number of thiophene rings is 1. The topological polar surface area (TPSA) is 48.0 Å². The maximum atomic E-state index is 12.1. The molecule has 3 nitrogen and oxygen atoms in total. The van der Waals surface area contributed by atoms with Gasteiger partial charge in [0.15, 0.2) is 0 Å². The third-order valence-electron chi connectivity index (χ3n) is 2.95. The van der Waals surface area contributed by atoms with E-state index in [1.807, 2.05) is 30.5 Å². The molecule has 2 aromatic rings. The standard InChI is InChI=1S/C13H16N2OS/c1-3-9(2)15-11(12-5-4-8-17-12)7-6-10(14)13(15)16/h4-9H,3,14H2,1-2H3. The molecule has 0 saturated heterocycles. The highest BCUT2D eigenvalue weighted by molar-refractivity contribution is 7.13. The van der Waals surface area contributed by atoms with E-state index in [0.29, 0.717) is 5.69 Å². The number of nitrogens with two attached hydrogens (primary N) is 1. The normalized spacial score (nSPS) is 12.6. The first-order valence-corrected chi connectivity index (χ1v) is 6.58. The van der Waals surface area contributed by atoms with Crippen LogP contribution in [0.2, 0.25) is 0 Å². The molecular weight excluding hydrogens is 232 g/mol. The van der Waals surface area contributed by atoms with E-state index in [9.17, 15) is 4.79 Å². The molecule has 1 atom stereocenters. The summed E-state index contributed by atoms with van der Waals surface area (Å²) in [7, 11) is 0. The van der Waals surface area contributed by atoms with Crippen LogP contribution < -0.4 is 11.3 Å². The molecule has 0 bridgehead atoms. The van der Waals surface area contributed by atoms with Crippen molar-refractivity contribution in [2.24, 2.45) is 0 Å². The van der Waals surface area contributed by atoms with Gasteiger partial charge in [-0.2, -0.15) is 0 Å². The summed E-state index contributed by atoms with van der Waals surface area (Å²) in [5, 5.41) is 2.01. The molecule has 0 radical (unpaired) electrons. The van der Waals surface area contributed by atoms with Crippen molar-refractivity contribution in [3.8, 4) is 10.6 Å². The quantitative estimate of drug-likeness (QED) is 0.907. The van der Waals surface area contributed by atoms with E-state index in [4.69, 9.17) is 5.73 Å². The van der Waals surface area contributed by atoms with Crippen molar-refractivity contribution in [2.45, 2.75) is 26.3 Å². The zero-order valence-corrected chi connectivity index (χ0v) is 10.8. The molecule has 2 rings (SSSR count). The van der Waals surface area contributed by atoms with Crippen LogP contribution in [0.5, 0.6) is 0 Å². The van der Waals surface area contributed by atoms with Crippen molar-refractivity contribution in [1.29, 1.82) is 0 Å². The van der Waals surface area contributed by atoms with Gasteiger partial charge in [0.05, 0.1) is 16.3 Å². The van der Waals surface area contributed by atoms with E-state index in [0.717, 1.165) is 17.0 Å². The number of hydrogen-bond donors (Lipinski definition) is 1. The lowest BCUT2D eigenvalue weighted by Crippen LogP contribution is -2.26. The van der Waals surface area contributed by atoms with Gasteiger partial charge < -0.3 is 10.3 Å². The summed E-state index contributed by atoms with van der Waals surface area (Å²) < 4.78 is 1.79. The van der Waals surface area contributed by atoms with Gasteiger partial charge >= 0.3 is 0 Å². The first kappa shape index (κ1) is 11.9. The fourth-order valence-corrected chi connectivity index (χ4v) is 2.56. The van der Waals surface area contributed by atoms with Gasteiger partial charge in [-0.3, -0.25) is 4.79 Å². The molecule has 0 spiro atoms. The second-order valence-corrected chi connectivity index (χ2v) is 5.03. The first-order chi connectivity index (χ1) is 8.15. The molecule has 0 amide bonds. The summed E-state index contributed by atoms with van der Waals surface area (Å²) in [6.45, 7) is 4.11. The number of anilines is 1. The van der Waals surface area contributed by atoms with E-state index in [-0.39, 0.29) is 11.6 Å². The molecule has 0 fully saturated rings. The van der Waals surface area contributed by atoms with E-state index in [2.05, 4.69) is 6.92 Å². The van der Waals surface area contributed by atoms with Crippen molar-refractivity contribution >= 4 is 17.0 Å². The van der Waals surface area contributed by atoms with Crippen LogP contribution in [0.15, 0.2) is 34.4 Å². The minimum Gasteiger partial charge on any atom is -0.394 e. The highest BCUT2D eigenvalue weighted by Crippen LogP contribution is 2.26. The van der Waals surface area contributed by atoms with Gasteiger partial charge in [-0.1, -0.05) is 13.0 Å². The summed E-state index contributed by atoms with van der Waals surface area (Å²) in [6.07, 6.45) is 0.904. The highest BCUT2D eigenvalue weighted by atomic mass is 32.1. The van der Waals surface area contributed by atoms with Crippen LogP contribution in [0.3, 0.4) is 0 Å². The van der Waals surface area contributed by atoms with Gasteiger partial charge in [0.2, 0.25) is 0 Å². The fourth-order valence-electron chi connectivity index (χ4n) is 1.81. The largest absolute Gasteiger partial charge is 0.394 e. The van der Waals surface area contributed by atoms with E-state index in [1.165, 1.54) is 0 Å². The molecule has 90 valence electrons. The lowest BCUT2D eigenvalue weighted by atomic mass is 10.2. The number of nitrogen functional groups attached to an aromatic ring is 1. The van der Waals surface area contributed by atoms with Crippen molar-refractivity contribution in [3.05, 3.63) is 40.0 Å². The predicted octanol–water partition coefficient (Wildman–Crippen LogP) is 3.13. The Morgan fingerprint density at radius 3 is 2.76 bits per heavy atom. The summed E-state index contributed by atoms with van der Waals surface area (Å²) in [6, 6.07) is 7.78. The van der Waals surface area contributed by atoms with Crippen LogP contribution in [0.4, 0.5) is 5.69 Å². The molecule has 0 aromatic carbocycles. The molecule has 1 unspecified atom stereocenters. The van der Waals surface area contributed by atoms with Crippen molar-refractivity contribution in [3.63, 3.8) is 0 Å². The second-order valence-electron chi connectivity index (χ2n) is 4.08. The van der Waals surface area contributed by atoms with Crippen LogP contribution in [0.1, 0.15) is 26.3 Å². The maximum absolute atomic E-state index is 12.1. The summed E-state index contributed by atoms with van der Waals surface area (Å²) in [5.41, 5.74) is 6.88. The lowest BCUT2D eigenvalue weighted by molar-refractivity contribution is 0.521. The second kappa shape index (κ2) is 4.75. The minimum atomic E-state index is -0.0924. The molecule has 0 aliphatic carbocycles. The summed E-state index contributed by atoms with van der Waals surface area (Å²) >= 11 is 1.63. The monoisotopic (exact) mass is 248 g/mol. The third kappa shape index (κ3) is 2.13. The van der Waals surface area contributed by atoms with Gasteiger partial charge in [-0.15, -0.1) is 11.3 Å². The molecule has 0 saturated carbocycles. The Morgan fingerprint density at radius 2 is 2.18 bits per heavy atom. The van der Waals surface area contributed by atoms with Crippen molar-refractivity contribution < 1.29 is 0 Å². The van der Waals surface area contributed by atoms with Gasteiger partial charge in [-0.05, 0) is 36.9 Å². The number of aromatic nitrogens is 1. The van der Waals surface area contributed by atoms with Crippen molar-refractivity contribution in [1.82, 2.24) is 4.57 Å². The van der Waals surface area contributed by atoms with E-state index < -0.39 is 0 Å². The van der Waals surface area contributed by atoms with E-state index in [1.54, 1.807) is 22.0 Å². The Balaban J connectivity index is 2.68. The lowest BCUT2D eigenvalue weighted by Gasteiger charge is -2.18. The molecule has 2 N–H and O–H groups in total. The summed E-state index contributed by atoms with van der Waals surface area (Å²) in [4.78, 5) is 13.2. The van der Waals surface area contributed by atoms with Crippen LogP contribution in [-0.4, -0.2) is 4.57 Å². The molecule has 2 aromatic heterocycles. The van der Waals surface area contributed by atoms with Crippen LogP contribution >= 0.6 is 11.3 Å². The summed E-state index contributed by atoms with van der Waals surface area (Å²) in [5.74, 6) is 0. The van der Waals surface area contributed by atoms with Crippen LogP contribution in [-0.2, 0) is 0 Å². The molecule has 4 heteroatoms. The average Bonchev–Trinajstić information content (AvgIpc) is 2.85. The number of rotatable bonds is 3. The van der Waals surface area contributed by atoms with Crippen LogP contribution in [0.25, 0.3) is 10.6 Å². The Labute approximate surface area is 105 Å². The predicted molar refractivity (Wildman–Crippen MR) is 73.4 cm³/mol. The van der Waals surface area contributed by atoms with Gasteiger partial charge in [-0.25, -0.2) is 0 Å². The Hall–Kier alpha value is -1.55. The van der Waals surface area contributed by atoms with Gasteiger partial charge in [0.25, 0.3) is 5.56 Å². The third-order valence-corrected chi connectivity index (χ3v) is 3.84. The smallest absolute Gasteiger partial charge is 0.274 e. The SMILES string of the molecule is CCC(C)n1c(-c2cccs2)ccc(N)c1=O. The first-order valence-electron chi connectivity index (χ1n) is 5.70. The molecule has 0 aliphatic rings. The fraction of sp³-hybridized carbons (Fsp3) is 0.308. The number of pyridine rings is 1. The van der Waals surface area contributed by atoms with Gasteiger partial charge in [0, 0.05) is 6.04 Å². The molecular formula is C13H16N2OS. The molecule has 2 heterocycles. The number of hydrogen-bond acceptors (Lipinski definition) is 3.